The highest BCUT2D eigenvalue weighted by atomic mass is 35.5. The molecule has 0 atom stereocenters. The molecule has 19 heavy (non-hydrogen) atoms. The molecule has 0 aromatic heterocycles. The molecule has 0 saturated heterocycles. The number of halogens is 1. The predicted octanol–water partition coefficient (Wildman–Crippen LogP) is 3.32. The van der Waals surface area contributed by atoms with Crippen molar-refractivity contribution < 1.29 is 9.53 Å². The van der Waals surface area contributed by atoms with E-state index >= 15 is 0 Å². The van der Waals surface area contributed by atoms with Crippen LogP contribution in [0, 0.1) is 0 Å². The van der Waals surface area contributed by atoms with Gasteiger partial charge in [-0.1, -0.05) is 37.2 Å². The standard InChI is InChI=1S/C14H20ClNO2S/c1-3-16(4-2)9-10-19-14(17)11-18-13-7-5-12(15)6-8-13/h5-8H,3-4,9-11H2,1-2H3. The van der Waals surface area contributed by atoms with Crippen molar-refractivity contribution in [1.82, 2.24) is 4.90 Å². The van der Waals surface area contributed by atoms with Crippen molar-refractivity contribution in [2.75, 3.05) is 32.0 Å². The average Bonchev–Trinajstić information content (AvgIpc) is 2.43. The molecule has 0 bridgehead atoms. The zero-order valence-corrected chi connectivity index (χ0v) is 13.0. The lowest BCUT2D eigenvalue weighted by Gasteiger charge is -2.16. The number of ether oxygens (including phenoxy) is 1. The zero-order chi connectivity index (χ0) is 14.1. The molecular formula is C14H20ClNO2S. The Kier molecular flexibility index (Phi) is 7.94. The molecule has 0 aliphatic rings. The first-order valence-corrected chi connectivity index (χ1v) is 7.78. The van der Waals surface area contributed by atoms with Crippen LogP contribution in [0.2, 0.25) is 5.02 Å². The minimum Gasteiger partial charge on any atom is -0.485 e. The molecule has 0 unspecified atom stereocenters. The van der Waals surface area contributed by atoms with Crippen LogP contribution in [0.4, 0.5) is 0 Å². The van der Waals surface area contributed by atoms with Crippen LogP contribution in [-0.2, 0) is 4.79 Å². The maximum absolute atomic E-state index is 11.6. The van der Waals surface area contributed by atoms with Gasteiger partial charge in [-0.25, -0.2) is 0 Å². The Morgan fingerprint density at radius 2 is 1.89 bits per heavy atom. The molecule has 0 aliphatic heterocycles. The van der Waals surface area contributed by atoms with Gasteiger partial charge in [0, 0.05) is 17.3 Å². The van der Waals surface area contributed by atoms with E-state index in [2.05, 4.69) is 18.7 Å². The number of benzene rings is 1. The van der Waals surface area contributed by atoms with E-state index in [0.29, 0.717) is 10.8 Å². The summed E-state index contributed by atoms with van der Waals surface area (Å²) < 4.78 is 5.39. The fourth-order valence-electron chi connectivity index (χ4n) is 1.54. The highest BCUT2D eigenvalue weighted by molar-refractivity contribution is 8.13. The van der Waals surface area contributed by atoms with Crippen LogP contribution in [0.5, 0.6) is 5.75 Å². The van der Waals surface area contributed by atoms with Crippen LogP contribution >= 0.6 is 23.4 Å². The summed E-state index contributed by atoms with van der Waals surface area (Å²) in [6.45, 7) is 7.33. The molecule has 0 radical (unpaired) electrons. The highest BCUT2D eigenvalue weighted by Gasteiger charge is 2.06. The predicted molar refractivity (Wildman–Crippen MR) is 82.2 cm³/mol. The summed E-state index contributed by atoms with van der Waals surface area (Å²) in [6.07, 6.45) is 0. The Morgan fingerprint density at radius 1 is 1.26 bits per heavy atom. The summed E-state index contributed by atoms with van der Waals surface area (Å²) in [5.41, 5.74) is 0. The van der Waals surface area contributed by atoms with Gasteiger partial charge in [0.05, 0.1) is 0 Å². The third-order valence-corrected chi connectivity index (χ3v) is 3.81. The SMILES string of the molecule is CCN(CC)CCSC(=O)COc1ccc(Cl)cc1. The van der Waals surface area contributed by atoms with Crippen LogP contribution in [0.1, 0.15) is 13.8 Å². The molecule has 0 amide bonds. The van der Waals surface area contributed by atoms with Crippen LogP contribution in [0.3, 0.4) is 0 Å². The number of hydrogen-bond donors (Lipinski definition) is 0. The molecule has 0 saturated carbocycles. The number of carbonyl (C=O) groups is 1. The van der Waals surface area contributed by atoms with E-state index in [1.807, 2.05) is 0 Å². The van der Waals surface area contributed by atoms with E-state index in [0.717, 1.165) is 25.4 Å². The number of rotatable bonds is 8. The molecule has 0 N–H and O–H groups in total. The monoisotopic (exact) mass is 301 g/mol. The highest BCUT2D eigenvalue weighted by Crippen LogP contribution is 2.16. The van der Waals surface area contributed by atoms with E-state index in [1.54, 1.807) is 24.3 Å². The molecule has 3 nitrogen and oxygen atoms in total. The molecular weight excluding hydrogens is 282 g/mol. The van der Waals surface area contributed by atoms with Gasteiger partial charge < -0.3 is 9.64 Å². The van der Waals surface area contributed by atoms with Gasteiger partial charge in [-0.05, 0) is 37.4 Å². The van der Waals surface area contributed by atoms with Gasteiger partial charge in [0.25, 0.3) is 0 Å². The largest absolute Gasteiger partial charge is 0.485 e. The fraction of sp³-hybridized carbons (Fsp3) is 0.500. The minimum absolute atomic E-state index is 0.0575. The lowest BCUT2D eigenvalue weighted by atomic mass is 10.3. The summed E-state index contributed by atoms with van der Waals surface area (Å²) in [5.74, 6) is 1.48. The second kappa shape index (κ2) is 9.23. The lowest BCUT2D eigenvalue weighted by molar-refractivity contribution is -0.112. The van der Waals surface area contributed by atoms with Crippen molar-refractivity contribution in [2.45, 2.75) is 13.8 Å². The van der Waals surface area contributed by atoms with Gasteiger partial charge in [0.2, 0.25) is 5.12 Å². The minimum atomic E-state index is 0.0575. The van der Waals surface area contributed by atoms with Crippen molar-refractivity contribution in [3.8, 4) is 5.75 Å². The second-order valence-electron chi connectivity index (χ2n) is 3.99. The van der Waals surface area contributed by atoms with Crippen molar-refractivity contribution in [1.29, 1.82) is 0 Å². The third-order valence-electron chi connectivity index (χ3n) is 2.74. The first-order valence-electron chi connectivity index (χ1n) is 6.42. The maximum atomic E-state index is 11.6. The number of thioether (sulfide) groups is 1. The van der Waals surface area contributed by atoms with E-state index in [-0.39, 0.29) is 11.7 Å². The van der Waals surface area contributed by atoms with Gasteiger partial charge in [-0.3, -0.25) is 4.79 Å². The fourth-order valence-corrected chi connectivity index (χ4v) is 2.39. The van der Waals surface area contributed by atoms with Crippen LogP contribution in [0.15, 0.2) is 24.3 Å². The molecule has 1 rings (SSSR count). The Balaban J connectivity index is 2.19. The molecule has 0 aliphatic carbocycles. The third kappa shape index (κ3) is 6.85. The van der Waals surface area contributed by atoms with Crippen molar-refractivity contribution >= 4 is 28.5 Å². The van der Waals surface area contributed by atoms with E-state index < -0.39 is 0 Å². The summed E-state index contributed by atoms with van der Waals surface area (Å²) in [7, 11) is 0. The quantitative estimate of drug-likeness (QED) is 0.737. The summed E-state index contributed by atoms with van der Waals surface area (Å²) in [5, 5.41) is 0.717. The molecule has 0 spiro atoms. The first kappa shape index (κ1) is 16.3. The van der Waals surface area contributed by atoms with E-state index in [1.165, 1.54) is 11.8 Å². The average molecular weight is 302 g/mol. The molecule has 0 fully saturated rings. The maximum Gasteiger partial charge on any atom is 0.226 e. The topological polar surface area (TPSA) is 29.5 Å². The number of carbonyl (C=O) groups excluding carboxylic acids is 1. The molecule has 1 aromatic carbocycles. The second-order valence-corrected chi connectivity index (χ2v) is 5.58. The van der Waals surface area contributed by atoms with Gasteiger partial charge in [-0.15, -0.1) is 0 Å². The molecule has 1 aromatic rings. The Morgan fingerprint density at radius 3 is 2.47 bits per heavy atom. The van der Waals surface area contributed by atoms with Crippen LogP contribution < -0.4 is 4.74 Å². The lowest BCUT2D eigenvalue weighted by Crippen LogP contribution is -2.26. The summed E-state index contributed by atoms with van der Waals surface area (Å²) >= 11 is 7.09. The van der Waals surface area contributed by atoms with Crippen molar-refractivity contribution in [3.63, 3.8) is 0 Å². The van der Waals surface area contributed by atoms with Crippen molar-refractivity contribution in [3.05, 3.63) is 29.3 Å². The van der Waals surface area contributed by atoms with Gasteiger partial charge in [-0.2, -0.15) is 0 Å². The van der Waals surface area contributed by atoms with Crippen LogP contribution in [0.25, 0.3) is 0 Å². The normalized spacial score (nSPS) is 10.7. The number of nitrogens with zero attached hydrogens (tertiary/aromatic N) is 1. The zero-order valence-electron chi connectivity index (χ0n) is 11.4. The first-order chi connectivity index (χ1) is 9.15. The molecule has 0 heterocycles. The Bertz CT molecular complexity index is 380. The summed E-state index contributed by atoms with van der Waals surface area (Å²) in [4.78, 5) is 13.9. The molecule has 5 heteroatoms. The van der Waals surface area contributed by atoms with Crippen molar-refractivity contribution in [2.24, 2.45) is 0 Å². The van der Waals surface area contributed by atoms with Crippen LogP contribution in [-0.4, -0.2) is 42.0 Å². The Hall–Kier alpha value is -0.710. The smallest absolute Gasteiger partial charge is 0.226 e. The Labute approximate surface area is 124 Å². The number of hydrogen-bond acceptors (Lipinski definition) is 4. The van der Waals surface area contributed by atoms with E-state index in [4.69, 9.17) is 16.3 Å². The van der Waals surface area contributed by atoms with Gasteiger partial charge in [0.15, 0.2) is 6.61 Å². The molecule has 106 valence electrons. The van der Waals surface area contributed by atoms with E-state index in [9.17, 15) is 4.79 Å². The van der Waals surface area contributed by atoms with Gasteiger partial charge in [0.1, 0.15) is 5.75 Å². The summed E-state index contributed by atoms with van der Waals surface area (Å²) in [6, 6.07) is 7.01. The van der Waals surface area contributed by atoms with Gasteiger partial charge >= 0.3 is 0 Å².